The van der Waals surface area contributed by atoms with Crippen LogP contribution < -0.4 is 10.2 Å². The van der Waals surface area contributed by atoms with Crippen molar-refractivity contribution in [3.05, 3.63) is 29.3 Å². The fourth-order valence-electron chi connectivity index (χ4n) is 1.83. The van der Waals surface area contributed by atoms with Crippen molar-refractivity contribution in [1.82, 2.24) is 5.32 Å². The number of halogens is 1. The van der Waals surface area contributed by atoms with Crippen molar-refractivity contribution in [2.75, 3.05) is 11.4 Å². The number of carbonyl (C=O) groups is 2. The van der Waals surface area contributed by atoms with Gasteiger partial charge in [-0.3, -0.25) is 14.9 Å². The van der Waals surface area contributed by atoms with E-state index in [2.05, 4.69) is 11.2 Å². The molecular weight excluding hydrogens is 252 g/mol. The monoisotopic (exact) mass is 262 g/mol. The quantitative estimate of drug-likeness (QED) is 0.658. The molecule has 18 heavy (non-hydrogen) atoms. The Morgan fingerprint density at radius 2 is 2.06 bits per heavy atom. The zero-order chi connectivity index (χ0) is 13.1. The maximum absolute atomic E-state index is 12.0. The number of hydrogen-bond donors (Lipinski definition) is 1. The fourth-order valence-corrected chi connectivity index (χ4v) is 1.96. The predicted molar refractivity (Wildman–Crippen MR) is 69.2 cm³/mol. The van der Waals surface area contributed by atoms with Gasteiger partial charge in [0.15, 0.2) is 0 Å². The van der Waals surface area contributed by atoms with E-state index >= 15 is 0 Å². The van der Waals surface area contributed by atoms with Crippen LogP contribution in [0.3, 0.4) is 0 Å². The van der Waals surface area contributed by atoms with Gasteiger partial charge in [-0.15, -0.1) is 6.42 Å². The number of nitrogens with zero attached hydrogens (tertiary/aromatic N) is 1. The summed E-state index contributed by atoms with van der Waals surface area (Å²) in [5.74, 6) is 1.86. The van der Waals surface area contributed by atoms with Crippen molar-refractivity contribution in [1.29, 1.82) is 0 Å². The molecule has 2 amide bonds. The molecular formula is C13H11ClN2O2. The van der Waals surface area contributed by atoms with Crippen LogP contribution in [-0.2, 0) is 9.59 Å². The van der Waals surface area contributed by atoms with Crippen LogP contribution in [0.15, 0.2) is 24.3 Å². The van der Waals surface area contributed by atoms with Gasteiger partial charge in [0.1, 0.15) is 0 Å². The first kappa shape index (κ1) is 12.6. The van der Waals surface area contributed by atoms with Gasteiger partial charge in [0, 0.05) is 5.02 Å². The number of terminal acetylenes is 1. The molecule has 5 heteroatoms. The number of anilines is 1. The number of nitrogens with one attached hydrogen (secondary N) is 1. The van der Waals surface area contributed by atoms with Crippen LogP contribution in [-0.4, -0.2) is 24.4 Å². The Morgan fingerprint density at radius 3 is 2.67 bits per heavy atom. The number of amides is 2. The van der Waals surface area contributed by atoms with Crippen molar-refractivity contribution in [3.63, 3.8) is 0 Å². The van der Waals surface area contributed by atoms with Crippen LogP contribution in [0.4, 0.5) is 5.69 Å². The lowest BCUT2D eigenvalue weighted by Crippen LogP contribution is -2.38. The fraction of sp³-hybridized carbons (Fsp3) is 0.231. The molecule has 0 aliphatic carbocycles. The summed E-state index contributed by atoms with van der Waals surface area (Å²) in [7, 11) is 0. The molecule has 2 rings (SSSR count). The van der Waals surface area contributed by atoms with Crippen LogP contribution in [0, 0.1) is 12.3 Å². The Labute approximate surface area is 110 Å². The molecule has 1 fully saturated rings. The van der Waals surface area contributed by atoms with Crippen molar-refractivity contribution in [3.8, 4) is 12.3 Å². The highest BCUT2D eigenvalue weighted by Gasteiger charge is 2.38. The summed E-state index contributed by atoms with van der Waals surface area (Å²) in [6.07, 6.45) is 5.24. The van der Waals surface area contributed by atoms with E-state index in [0.29, 0.717) is 10.7 Å². The minimum Gasteiger partial charge on any atom is -0.295 e. The third-order valence-corrected chi connectivity index (χ3v) is 2.93. The lowest BCUT2D eigenvalue weighted by Gasteiger charge is -2.15. The second kappa shape index (κ2) is 5.21. The normalized spacial score (nSPS) is 19.1. The van der Waals surface area contributed by atoms with Gasteiger partial charge >= 0.3 is 0 Å². The molecule has 0 aromatic heterocycles. The Bertz CT molecular complexity index is 519. The third-order valence-electron chi connectivity index (χ3n) is 2.68. The molecule has 4 nitrogen and oxygen atoms in total. The standard InChI is InChI=1S/C13H11ClN2O2/c1-2-7-15-11-8-12(17)16(13(11)18)10-5-3-9(14)4-6-10/h1,3-6,11,15H,7-8H2/t11-/m0/s1. The molecule has 1 N–H and O–H groups in total. The molecule has 1 atom stereocenters. The Balaban J connectivity index is 2.19. The SMILES string of the molecule is C#CCN[C@H]1CC(=O)N(c2ccc(Cl)cc2)C1=O. The molecule has 1 aliphatic heterocycles. The minimum atomic E-state index is -0.538. The maximum Gasteiger partial charge on any atom is 0.251 e. The second-order valence-corrected chi connectivity index (χ2v) is 4.32. The first-order valence-corrected chi connectivity index (χ1v) is 5.80. The van der Waals surface area contributed by atoms with Crippen LogP contribution in [0.25, 0.3) is 0 Å². The van der Waals surface area contributed by atoms with Gasteiger partial charge in [-0.05, 0) is 24.3 Å². The zero-order valence-corrected chi connectivity index (χ0v) is 10.3. The lowest BCUT2D eigenvalue weighted by atomic mass is 10.2. The van der Waals surface area contributed by atoms with Gasteiger partial charge < -0.3 is 0 Å². The van der Waals surface area contributed by atoms with Gasteiger partial charge in [-0.25, -0.2) is 4.90 Å². The number of benzene rings is 1. The van der Waals surface area contributed by atoms with Crippen molar-refractivity contribution < 1.29 is 9.59 Å². The average Bonchev–Trinajstić information content (AvgIpc) is 2.63. The molecule has 0 spiro atoms. The summed E-state index contributed by atoms with van der Waals surface area (Å²) >= 11 is 5.77. The van der Waals surface area contributed by atoms with Crippen molar-refractivity contribution in [2.45, 2.75) is 12.5 Å². The number of hydrogen-bond acceptors (Lipinski definition) is 3. The number of carbonyl (C=O) groups excluding carboxylic acids is 2. The predicted octanol–water partition coefficient (Wildman–Crippen LogP) is 1.19. The molecule has 92 valence electrons. The summed E-state index contributed by atoms with van der Waals surface area (Å²) in [6.45, 7) is 0.262. The molecule has 1 heterocycles. The first-order valence-electron chi connectivity index (χ1n) is 5.42. The van der Waals surface area contributed by atoms with E-state index in [0.717, 1.165) is 4.90 Å². The molecule has 0 unspecified atom stereocenters. The molecule has 1 aromatic rings. The highest BCUT2D eigenvalue weighted by Crippen LogP contribution is 2.24. The molecule has 0 saturated carbocycles. The van der Waals surface area contributed by atoms with Gasteiger partial charge in [-0.1, -0.05) is 17.5 Å². The van der Waals surface area contributed by atoms with E-state index in [1.54, 1.807) is 24.3 Å². The number of rotatable bonds is 3. The topological polar surface area (TPSA) is 49.4 Å². The lowest BCUT2D eigenvalue weighted by molar-refractivity contribution is -0.121. The average molecular weight is 263 g/mol. The van der Waals surface area contributed by atoms with Gasteiger partial charge in [-0.2, -0.15) is 0 Å². The highest BCUT2D eigenvalue weighted by molar-refractivity contribution is 6.30. The van der Waals surface area contributed by atoms with Crippen molar-refractivity contribution in [2.24, 2.45) is 0 Å². The summed E-state index contributed by atoms with van der Waals surface area (Å²) in [5, 5.41) is 3.40. The first-order chi connectivity index (χ1) is 8.63. The molecule has 0 radical (unpaired) electrons. The van der Waals surface area contributed by atoms with Crippen LogP contribution in [0.1, 0.15) is 6.42 Å². The van der Waals surface area contributed by atoms with E-state index in [1.807, 2.05) is 0 Å². The highest BCUT2D eigenvalue weighted by atomic mass is 35.5. The van der Waals surface area contributed by atoms with Crippen LogP contribution >= 0.6 is 11.6 Å². The largest absolute Gasteiger partial charge is 0.295 e. The Kier molecular flexibility index (Phi) is 3.66. The second-order valence-electron chi connectivity index (χ2n) is 3.89. The Morgan fingerprint density at radius 1 is 1.39 bits per heavy atom. The third kappa shape index (κ3) is 2.37. The summed E-state index contributed by atoms with van der Waals surface area (Å²) < 4.78 is 0. The van der Waals surface area contributed by atoms with E-state index in [4.69, 9.17) is 18.0 Å². The Hall–Kier alpha value is -1.83. The summed E-state index contributed by atoms with van der Waals surface area (Å²) in [4.78, 5) is 25.0. The van der Waals surface area contributed by atoms with Crippen molar-refractivity contribution >= 4 is 29.1 Å². The maximum atomic E-state index is 12.0. The summed E-state index contributed by atoms with van der Waals surface area (Å²) in [5.41, 5.74) is 0.527. The van der Waals surface area contributed by atoms with Gasteiger partial charge in [0.2, 0.25) is 5.91 Å². The van der Waals surface area contributed by atoms with Gasteiger partial charge in [0.25, 0.3) is 5.91 Å². The van der Waals surface area contributed by atoms with Crippen LogP contribution in [0.2, 0.25) is 5.02 Å². The summed E-state index contributed by atoms with van der Waals surface area (Å²) in [6, 6.07) is 6.02. The molecule has 1 aliphatic rings. The minimum absolute atomic E-state index is 0.128. The number of imide groups is 1. The molecule has 0 bridgehead atoms. The van der Waals surface area contributed by atoms with E-state index in [1.165, 1.54) is 0 Å². The smallest absolute Gasteiger partial charge is 0.251 e. The van der Waals surface area contributed by atoms with E-state index in [9.17, 15) is 9.59 Å². The zero-order valence-electron chi connectivity index (χ0n) is 9.52. The van der Waals surface area contributed by atoms with E-state index in [-0.39, 0.29) is 24.8 Å². The molecule has 1 aromatic carbocycles. The van der Waals surface area contributed by atoms with E-state index < -0.39 is 6.04 Å². The van der Waals surface area contributed by atoms with Gasteiger partial charge in [0.05, 0.1) is 24.7 Å². The van der Waals surface area contributed by atoms with Crippen LogP contribution in [0.5, 0.6) is 0 Å². The molecule has 1 saturated heterocycles.